The van der Waals surface area contributed by atoms with Crippen LogP contribution in [0.2, 0.25) is 13.3 Å². The molecule has 33 heavy (non-hydrogen) atoms. The summed E-state index contributed by atoms with van der Waals surface area (Å²) < 4.78 is 10.2. The molecule has 0 aliphatic rings. The molecule has 0 spiro atoms. The average Bonchev–Trinajstić information content (AvgIpc) is 3.54. The van der Waals surface area contributed by atoms with Crippen molar-refractivity contribution in [2.45, 2.75) is 72.6 Å². The molecule has 4 heterocycles. The van der Waals surface area contributed by atoms with Gasteiger partial charge in [-0.2, -0.15) is 0 Å². The monoisotopic (exact) mass is 551 g/mol. The van der Waals surface area contributed by atoms with Crippen LogP contribution in [0, 0.1) is 0 Å². The molecule has 0 fully saturated rings. The number of imidazole rings is 1. The van der Waals surface area contributed by atoms with Crippen molar-refractivity contribution in [3.63, 3.8) is 0 Å². The van der Waals surface area contributed by atoms with Crippen LogP contribution in [0.3, 0.4) is 0 Å². The van der Waals surface area contributed by atoms with E-state index in [4.69, 9.17) is 4.98 Å². The normalized spacial score (nSPS) is 12.0. The van der Waals surface area contributed by atoms with Crippen molar-refractivity contribution in [2.24, 2.45) is 0 Å². The fraction of sp³-hybridized carbons (Fsp3) is 0.444. The van der Waals surface area contributed by atoms with Gasteiger partial charge in [0.15, 0.2) is 0 Å². The van der Waals surface area contributed by atoms with E-state index in [9.17, 15) is 0 Å². The van der Waals surface area contributed by atoms with E-state index in [0.29, 0.717) is 0 Å². The molecule has 0 bridgehead atoms. The second-order valence-corrected chi connectivity index (χ2v) is 22.5. The van der Waals surface area contributed by atoms with Crippen molar-refractivity contribution in [3.05, 3.63) is 61.3 Å². The van der Waals surface area contributed by atoms with E-state index in [-0.39, 0.29) is 0 Å². The number of fused-ring (bicyclic) bond motifs is 1. The van der Waals surface area contributed by atoms with Crippen molar-refractivity contribution < 1.29 is 0 Å². The summed E-state index contributed by atoms with van der Waals surface area (Å²) in [6.07, 6.45) is 18.2. The molecule has 0 aliphatic carbocycles. The van der Waals surface area contributed by atoms with Crippen LogP contribution in [0.1, 0.15) is 59.3 Å². The SMILES string of the molecule is CCC[CH2][Sn]([CH2]CCC)([CH2]CCC)[c]1ccc2nc(-c3ccc(-n4cccn4)nc3)cn2c1. The van der Waals surface area contributed by atoms with Crippen molar-refractivity contribution in [3.8, 4) is 17.1 Å². The Morgan fingerprint density at radius 3 is 2.15 bits per heavy atom. The number of hydrogen-bond acceptors (Lipinski definition) is 3. The molecule has 0 N–H and O–H groups in total. The zero-order valence-corrected chi connectivity index (χ0v) is 23.2. The zero-order valence-electron chi connectivity index (χ0n) is 20.4. The predicted octanol–water partition coefficient (Wildman–Crippen LogP) is 6.64. The predicted molar refractivity (Wildman–Crippen MR) is 140 cm³/mol. The topological polar surface area (TPSA) is 48.0 Å². The molecule has 4 aromatic heterocycles. The third-order valence-corrected chi connectivity index (χ3v) is 22.4. The Morgan fingerprint density at radius 2 is 1.58 bits per heavy atom. The summed E-state index contributed by atoms with van der Waals surface area (Å²) in [5.41, 5.74) is 3.03. The van der Waals surface area contributed by atoms with Crippen LogP contribution in [0.15, 0.2) is 61.3 Å². The first-order chi connectivity index (χ1) is 16.2. The first-order valence-electron chi connectivity index (χ1n) is 12.6. The molecule has 174 valence electrons. The number of hydrogen-bond donors (Lipinski definition) is 0. The van der Waals surface area contributed by atoms with Crippen LogP contribution >= 0.6 is 0 Å². The molecular weight excluding hydrogens is 513 g/mol. The van der Waals surface area contributed by atoms with Gasteiger partial charge < -0.3 is 0 Å². The van der Waals surface area contributed by atoms with E-state index in [1.807, 2.05) is 24.5 Å². The summed E-state index contributed by atoms with van der Waals surface area (Å²) in [5.74, 6) is 0.816. The van der Waals surface area contributed by atoms with Crippen molar-refractivity contribution >= 4 is 27.6 Å². The van der Waals surface area contributed by atoms with Crippen molar-refractivity contribution in [1.82, 2.24) is 24.1 Å². The van der Waals surface area contributed by atoms with Gasteiger partial charge in [-0.1, -0.05) is 0 Å². The van der Waals surface area contributed by atoms with Crippen molar-refractivity contribution in [2.75, 3.05) is 0 Å². The van der Waals surface area contributed by atoms with Gasteiger partial charge >= 0.3 is 203 Å². The van der Waals surface area contributed by atoms with E-state index in [1.54, 1.807) is 14.5 Å². The van der Waals surface area contributed by atoms with Gasteiger partial charge in [0.2, 0.25) is 0 Å². The Hall–Kier alpha value is -2.15. The summed E-state index contributed by atoms with van der Waals surface area (Å²) in [7, 11) is 0. The molecule has 0 unspecified atom stereocenters. The average molecular weight is 550 g/mol. The van der Waals surface area contributed by atoms with Gasteiger partial charge in [0.05, 0.1) is 0 Å². The fourth-order valence-corrected chi connectivity index (χ4v) is 20.7. The molecule has 0 aliphatic heterocycles. The molecule has 0 aromatic carbocycles. The van der Waals surface area contributed by atoms with Gasteiger partial charge in [0.1, 0.15) is 0 Å². The minimum atomic E-state index is -2.45. The Balaban J connectivity index is 1.66. The number of rotatable bonds is 12. The molecule has 0 saturated heterocycles. The third kappa shape index (κ3) is 5.50. The maximum atomic E-state index is 4.91. The molecular formula is C27H37N5Sn. The van der Waals surface area contributed by atoms with E-state index in [2.05, 4.69) is 65.8 Å². The Kier molecular flexibility index (Phi) is 8.23. The quantitative estimate of drug-likeness (QED) is 0.186. The molecule has 6 heteroatoms. The van der Waals surface area contributed by atoms with Crippen LogP contribution in [-0.2, 0) is 0 Å². The minimum absolute atomic E-state index is 0.816. The fourth-order valence-electron chi connectivity index (χ4n) is 4.88. The second kappa shape index (κ2) is 11.3. The molecule has 0 saturated carbocycles. The Labute approximate surface area is 202 Å². The van der Waals surface area contributed by atoms with E-state index in [0.717, 1.165) is 22.7 Å². The maximum absolute atomic E-state index is 4.91. The van der Waals surface area contributed by atoms with Crippen LogP contribution in [0.5, 0.6) is 0 Å². The molecule has 0 atom stereocenters. The van der Waals surface area contributed by atoms with E-state index < -0.39 is 18.4 Å². The van der Waals surface area contributed by atoms with Gasteiger partial charge in [-0.3, -0.25) is 0 Å². The second-order valence-electron chi connectivity index (χ2n) is 9.26. The molecule has 5 nitrogen and oxygen atoms in total. The number of unbranched alkanes of at least 4 members (excludes halogenated alkanes) is 3. The standard InChI is InChI=1S/C15H10N5.3C4H9.Sn/c1-2-8-19-11-13(18-15(19)4-1)12-5-6-14(16-10-12)20-9-3-7-17-20;3*1-3-4-2;/h1,3-11H;3*1,3-4H2,2H3;. The third-order valence-electron chi connectivity index (χ3n) is 6.87. The summed E-state index contributed by atoms with van der Waals surface area (Å²) in [4.78, 5) is 9.50. The summed E-state index contributed by atoms with van der Waals surface area (Å²) in [6.45, 7) is 7.02. The summed E-state index contributed by atoms with van der Waals surface area (Å²) in [6, 6.07) is 10.7. The number of aromatic nitrogens is 5. The Bertz CT molecular complexity index is 1110. The van der Waals surface area contributed by atoms with Gasteiger partial charge in [-0.15, -0.1) is 0 Å². The van der Waals surface area contributed by atoms with Crippen molar-refractivity contribution in [1.29, 1.82) is 0 Å². The molecule has 4 rings (SSSR count). The first kappa shape index (κ1) is 24.0. The molecule has 0 amide bonds. The van der Waals surface area contributed by atoms with E-state index in [1.165, 1.54) is 51.8 Å². The van der Waals surface area contributed by atoms with Gasteiger partial charge in [-0.25, -0.2) is 0 Å². The van der Waals surface area contributed by atoms with E-state index >= 15 is 0 Å². The van der Waals surface area contributed by atoms with Crippen LogP contribution in [-0.4, -0.2) is 42.5 Å². The van der Waals surface area contributed by atoms with Gasteiger partial charge in [-0.05, 0) is 0 Å². The zero-order chi connectivity index (χ0) is 23.1. The molecule has 0 radical (unpaired) electrons. The molecule has 4 aromatic rings. The number of nitrogens with zero attached hydrogens (tertiary/aromatic N) is 5. The summed E-state index contributed by atoms with van der Waals surface area (Å²) >= 11 is -2.45. The summed E-state index contributed by atoms with van der Waals surface area (Å²) in [5, 5.41) is 4.26. The van der Waals surface area contributed by atoms with Crippen LogP contribution < -0.4 is 3.58 Å². The Morgan fingerprint density at radius 1 is 0.848 bits per heavy atom. The first-order valence-corrected chi connectivity index (χ1v) is 20.1. The van der Waals surface area contributed by atoms with Crippen LogP contribution in [0.25, 0.3) is 22.7 Å². The van der Waals surface area contributed by atoms with Gasteiger partial charge in [0.25, 0.3) is 0 Å². The van der Waals surface area contributed by atoms with Gasteiger partial charge in [0, 0.05) is 0 Å². The number of pyridine rings is 2. The van der Waals surface area contributed by atoms with Crippen LogP contribution in [0.4, 0.5) is 0 Å².